The Morgan fingerprint density at radius 1 is 1.14 bits per heavy atom. The molecule has 6 nitrogen and oxygen atoms in total. The molecule has 0 radical (unpaired) electrons. The van der Waals surface area contributed by atoms with Crippen molar-refractivity contribution in [2.45, 2.75) is 19.4 Å². The third-order valence-electron chi connectivity index (χ3n) is 4.82. The van der Waals surface area contributed by atoms with E-state index >= 15 is 0 Å². The minimum absolute atomic E-state index is 0.0275. The lowest BCUT2D eigenvalue weighted by Gasteiger charge is -2.31. The number of nitrogens with one attached hydrogen (secondary N) is 1. The average molecular weight is 423 g/mol. The first kappa shape index (κ1) is 20.5. The predicted molar refractivity (Wildman–Crippen MR) is 109 cm³/mol. The Kier molecular flexibility index (Phi) is 6.80. The first-order valence-corrected chi connectivity index (χ1v) is 10.2. The molecule has 28 heavy (non-hydrogen) atoms. The van der Waals surface area contributed by atoms with Crippen LogP contribution < -0.4 is 14.8 Å². The fourth-order valence-corrected chi connectivity index (χ4v) is 4.25. The summed E-state index contributed by atoms with van der Waals surface area (Å²) in [6, 6.07) is 8.88. The average Bonchev–Trinajstić information content (AvgIpc) is 3.16. The van der Waals surface area contributed by atoms with Gasteiger partial charge in [0.15, 0.2) is 0 Å². The Hall–Kier alpha value is -2.25. The number of ether oxygens (including phenoxy) is 2. The Morgan fingerprint density at radius 2 is 1.79 bits per heavy atom. The van der Waals surface area contributed by atoms with Crippen LogP contribution in [-0.2, 0) is 11.3 Å². The van der Waals surface area contributed by atoms with Crippen LogP contribution in [0.2, 0.25) is 4.34 Å². The zero-order chi connectivity index (χ0) is 20.1. The van der Waals surface area contributed by atoms with Crippen molar-refractivity contribution in [3.05, 3.63) is 45.1 Å². The van der Waals surface area contributed by atoms with Crippen molar-refractivity contribution in [3.63, 3.8) is 0 Å². The number of benzene rings is 1. The van der Waals surface area contributed by atoms with Crippen molar-refractivity contribution in [1.82, 2.24) is 10.2 Å². The van der Waals surface area contributed by atoms with Crippen LogP contribution in [0.15, 0.2) is 30.3 Å². The Morgan fingerprint density at radius 3 is 2.32 bits per heavy atom. The SMILES string of the molecule is COc1cc(OC)cc(C(=O)N2CCC(C(=O)NCc3ccc(Cl)s3)CC2)c1. The Bertz CT molecular complexity index is 824. The number of hydrogen-bond donors (Lipinski definition) is 1. The molecule has 2 amide bonds. The summed E-state index contributed by atoms with van der Waals surface area (Å²) >= 11 is 7.37. The van der Waals surface area contributed by atoms with Gasteiger partial charge in [-0.1, -0.05) is 11.6 Å². The highest BCUT2D eigenvalue weighted by atomic mass is 35.5. The van der Waals surface area contributed by atoms with Crippen molar-refractivity contribution in [2.24, 2.45) is 5.92 Å². The molecule has 1 aliphatic heterocycles. The second kappa shape index (κ2) is 9.30. The zero-order valence-corrected chi connectivity index (χ0v) is 17.4. The van der Waals surface area contributed by atoms with Gasteiger partial charge in [0.1, 0.15) is 11.5 Å². The highest BCUT2D eigenvalue weighted by molar-refractivity contribution is 7.16. The molecule has 1 aromatic carbocycles. The summed E-state index contributed by atoms with van der Waals surface area (Å²) < 4.78 is 11.2. The smallest absolute Gasteiger partial charge is 0.254 e. The topological polar surface area (TPSA) is 67.9 Å². The highest BCUT2D eigenvalue weighted by Crippen LogP contribution is 2.26. The van der Waals surface area contributed by atoms with Gasteiger partial charge in [-0.3, -0.25) is 9.59 Å². The summed E-state index contributed by atoms with van der Waals surface area (Å²) in [5.41, 5.74) is 0.522. The number of piperidine rings is 1. The van der Waals surface area contributed by atoms with Crippen LogP contribution in [0.5, 0.6) is 11.5 Å². The number of nitrogens with zero attached hydrogens (tertiary/aromatic N) is 1. The van der Waals surface area contributed by atoms with Gasteiger partial charge in [-0.2, -0.15) is 0 Å². The molecular weight excluding hydrogens is 400 g/mol. The molecule has 0 spiro atoms. The number of thiophene rings is 1. The molecule has 1 aliphatic rings. The monoisotopic (exact) mass is 422 g/mol. The summed E-state index contributed by atoms with van der Waals surface area (Å²) in [6.45, 7) is 1.57. The van der Waals surface area contributed by atoms with Gasteiger partial charge in [-0.05, 0) is 37.1 Å². The molecule has 0 atom stereocenters. The van der Waals surface area contributed by atoms with E-state index in [-0.39, 0.29) is 17.7 Å². The summed E-state index contributed by atoms with van der Waals surface area (Å²) in [5.74, 6) is 1.01. The van der Waals surface area contributed by atoms with E-state index in [4.69, 9.17) is 21.1 Å². The molecule has 2 aromatic rings. The molecule has 150 valence electrons. The molecule has 1 saturated heterocycles. The Balaban J connectivity index is 1.54. The minimum atomic E-state index is -0.0840. The number of carbonyl (C=O) groups is 2. The number of likely N-dealkylation sites (tertiary alicyclic amines) is 1. The van der Waals surface area contributed by atoms with Gasteiger partial charge in [0.2, 0.25) is 5.91 Å². The minimum Gasteiger partial charge on any atom is -0.497 e. The van der Waals surface area contributed by atoms with E-state index in [9.17, 15) is 9.59 Å². The molecule has 0 bridgehead atoms. The molecular formula is C20H23ClN2O4S. The number of rotatable bonds is 6. The molecule has 0 saturated carbocycles. The largest absolute Gasteiger partial charge is 0.497 e. The van der Waals surface area contributed by atoms with E-state index in [0.29, 0.717) is 53.9 Å². The number of hydrogen-bond acceptors (Lipinski definition) is 5. The number of amides is 2. The lowest BCUT2D eigenvalue weighted by atomic mass is 9.95. The van der Waals surface area contributed by atoms with E-state index in [1.165, 1.54) is 11.3 Å². The first-order valence-electron chi connectivity index (χ1n) is 9.04. The van der Waals surface area contributed by atoms with Crippen molar-refractivity contribution >= 4 is 34.8 Å². The highest BCUT2D eigenvalue weighted by Gasteiger charge is 2.28. The maximum absolute atomic E-state index is 12.8. The molecule has 1 fully saturated rings. The van der Waals surface area contributed by atoms with E-state index in [0.717, 1.165) is 4.88 Å². The third kappa shape index (κ3) is 4.97. The van der Waals surface area contributed by atoms with Crippen molar-refractivity contribution < 1.29 is 19.1 Å². The van der Waals surface area contributed by atoms with E-state index in [2.05, 4.69) is 5.32 Å². The molecule has 1 N–H and O–H groups in total. The molecule has 0 unspecified atom stereocenters. The van der Waals surface area contributed by atoms with Gasteiger partial charge in [-0.15, -0.1) is 11.3 Å². The van der Waals surface area contributed by atoms with Crippen LogP contribution in [0.3, 0.4) is 0 Å². The van der Waals surface area contributed by atoms with Gasteiger partial charge < -0.3 is 19.7 Å². The van der Waals surface area contributed by atoms with Gasteiger partial charge >= 0.3 is 0 Å². The van der Waals surface area contributed by atoms with Gasteiger partial charge in [0.05, 0.1) is 25.1 Å². The Labute approximate surface area is 173 Å². The summed E-state index contributed by atoms with van der Waals surface area (Å²) in [6.07, 6.45) is 1.29. The maximum Gasteiger partial charge on any atom is 0.254 e. The van der Waals surface area contributed by atoms with Crippen LogP contribution in [0.1, 0.15) is 28.1 Å². The number of methoxy groups -OCH3 is 2. The maximum atomic E-state index is 12.8. The third-order valence-corrected chi connectivity index (χ3v) is 6.05. The van der Waals surface area contributed by atoms with E-state index in [1.54, 1.807) is 37.3 Å². The summed E-state index contributed by atoms with van der Waals surface area (Å²) in [7, 11) is 3.11. The second-order valence-corrected chi connectivity index (χ2v) is 8.39. The van der Waals surface area contributed by atoms with Gasteiger partial charge in [0, 0.05) is 35.5 Å². The normalized spacial score (nSPS) is 14.6. The summed E-state index contributed by atoms with van der Waals surface area (Å²) in [5, 5.41) is 2.96. The van der Waals surface area contributed by atoms with Gasteiger partial charge in [0.25, 0.3) is 5.91 Å². The van der Waals surface area contributed by atoms with Crippen molar-refractivity contribution in [2.75, 3.05) is 27.3 Å². The van der Waals surface area contributed by atoms with Crippen molar-refractivity contribution in [1.29, 1.82) is 0 Å². The van der Waals surface area contributed by atoms with Crippen LogP contribution in [0.4, 0.5) is 0 Å². The number of halogens is 1. The molecule has 0 aliphatic carbocycles. The van der Waals surface area contributed by atoms with Crippen molar-refractivity contribution in [3.8, 4) is 11.5 Å². The van der Waals surface area contributed by atoms with E-state index < -0.39 is 0 Å². The lowest BCUT2D eigenvalue weighted by Crippen LogP contribution is -2.42. The fourth-order valence-electron chi connectivity index (χ4n) is 3.22. The van der Waals surface area contributed by atoms with Crippen LogP contribution >= 0.6 is 22.9 Å². The van der Waals surface area contributed by atoms with E-state index in [1.807, 2.05) is 12.1 Å². The molecule has 3 rings (SSSR count). The molecule has 1 aromatic heterocycles. The molecule has 8 heteroatoms. The lowest BCUT2D eigenvalue weighted by molar-refractivity contribution is -0.126. The van der Waals surface area contributed by atoms with Crippen LogP contribution in [0, 0.1) is 5.92 Å². The first-order chi connectivity index (χ1) is 13.5. The zero-order valence-electron chi connectivity index (χ0n) is 15.9. The van der Waals surface area contributed by atoms with Crippen LogP contribution in [-0.4, -0.2) is 44.0 Å². The van der Waals surface area contributed by atoms with Crippen LogP contribution in [0.25, 0.3) is 0 Å². The predicted octanol–water partition coefficient (Wildman–Crippen LogP) is 3.59. The summed E-state index contributed by atoms with van der Waals surface area (Å²) in [4.78, 5) is 28.0. The second-order valence-electron chi connectivity index (χ2n) is 6.59. The molecule has 2 heterocycles. The standard InChI is InChI=1S/C20H23ClN2O4S/c1-26-15-9-14(10-16(11-15)27-2)20(25)23-7-5-13(6-8-23)19(24)22-12-17-3-4-18(21)28-17/h3-4,9-11,13H,5-8,12H2,1-2H3,(H,22,24). The van der Waals surface area contributed by atoms with Gasteiger partial charge in [-0.25, -0.2) is 0 Å². The number of carbonyl (C=O) groups excluding carboxylic acids is 2. The fraction of sp³-hybridized carbons (Fsp3) is 0.400. The quantitative estimate of drug-likeness (QED) is 0.772.